The minimum Gasteiger partial charge on any atom is -0.306 e. The van der Waals surface area contributed by atoms with Crippen LogP contribution < -0.4 is 4.72 Å². The van der Waals surface area contributed by atoms with Crippen LogP contribution in [0.15, 0.2) is 72.1 Å². The summed E-state index contributed by atoms with van der Waals surface area (Å²) in [4.78, 5) is 15.4. The van der Waals surface area contributed by atoms with Gasteiger partial charge >= 0.3 is 0 Å². The lowest BCUT2D eigenvalue weighted by Crippen LogP contribution is -2.26. The van der Waals surface area contributed by atoms with Crippen LogP contribution in [-0.4, -0.2) is 23.8 Å². The Morgan fingerprint density at radius 3 is 2.27 bits per heavy atom. The van der Waals surface area contributed by atoms with E-state index in [1.165, 1.54) is 31.2 Å². The average Bonchev–Trinajstić information content (AvgIpc) is 3.16. The van der Waals surface area contributed by atoms with Crippen LogP contribution in [0.3, 0.4) is 0 Å². The summed E-state index contributed by atoms with van der Waals surface area (Å²) in [7, 11) is -3.68. The monoisotopic (exact) mass is 369 g/mol. The van der Waals surface area contributed by atoms with Gasteiger partial charge in [-0.3, -0.25) is 4.79 Å². The van der Waals surface area contributed by atoms with Gasteiger partial charge in [-0.2, -0.15) is 0 Å². The summed E-state index contributed by atoms with van der Waals surface area (Å²) >= 11 is 0. The van der Waals surface area contributed by atoms with Crippen LogP contribution in [0, 0.1) is 0 Å². The summed E-state index contributed by atoms with van der Waals surface area (Å²) in [6.45, 7) is 3.23. The van der Waals surface area contributed by atoms with Crippen molar-refractivity contribution in [3.05, 3.63) is 78.4 Å². The first-order valence-corrected chi connectivity index (χ1v) is 9.57. The molecule has 0 bridgehead atoms. The maximum atomic E-state index is 12.5. The fourth-order valence-electron chi connectivity index (χ4n) is 2.58. The zero-order valence-corrected chi connectivity index (χ0v) is 15.3. The molecule has 1 N–H and O–H groups in total. The van der Waals surface area contributed by atoms with Gasteiger partial charge in [-0.05, 0) is 43.7 Å². The predicted octanol–water partition coefficient (Wildman–Crippen LogP) is 3.11. The molecule has 2 aromatic carbocycles. The van der Waals surface area contributed by atoms with E-state index >= 15 is 0 Å². The highest BCUT2D eigenvalue weighted by Gasteiger charge is 2.18. The number of hydrogen-bond donors (Lipinski definition) is 1. The normalized spacial score (nSPS) is 12.7. The maximum absolute atomic E-state index is 12.5. The van der Waals surface area contributed by atoms with Crippen molar-refractivity contribution in [3.63, 3.8) is 0 Å². The van der Waals surface area contributed by atoms with Gasteiger partial charge in [0.05, 0.1) is 11.2 Å². The van der Waals surface area contributed by atoms with Crippen LogP contribution in [0.5, 0.6) is 0 Å². The number of carbonyl (C=O) groups is 1. The van der Waals surface area contributed by atoms with Gasteiger partial charge in [0.15, 0.2) is 5.78 Å². The fraction of sp³-hybridized carbons (Fsp3) is 0.158. The van der Waals surface area contributed by atoms with Gasteiger partial charge in [0.25, 0.3) is 0 Å². The second-order valence-electron chi connectivity index (χ2n) is 5.99. The molecule has 3 rings (SSSR count). The van der Waals surface area contributed by atoms with Crippen molar-refractivity contribution in [3.8, 4) is 5.69 Å². The number of nitrogens with zero attached hydrogens (tertiary/aromatic N) is 2. The molecule has 0 aliphatic heterocycles. The Labute approximate surface area is 152 Å². The van der Waals surface area contributed by atoms with Gasteiger partial charge in [-0.1, -0.05) is 24.3 Å². The zero-order chi connectivity index (χ0) is 18.7. The molecule has 134 valence electrons. The van der Waals surface area contributed by atoms with Gasteiger partial charge in [0.2, 0.25) is 10.0 Å². The molecule has 0 aliphatic rings. The number of aromatic nitrogens is 2. The van der Waals surface area contributed by atoms with Gasteiger partial charge in [-0.25, -0.2) is 18.1 Å². The predicted molar refractivity (Wildman–Crippen MR) is 98.7 cm³/mol. The molecule has 0 aliphatic carbocycles. The second kappa shape index (κ2) is 7.23. The Bertz CT molecular complexity index is 993. The Morgan fingerprint density at radius 2 is 1.73 bits per heavy atom. The molecule has 6 nitrogen and oxygen atoms in total. The summed E-state index contributed by atoms with van der Waals surface area (Å²) in [5.74, 6) is -0.103. The molecule has 0 spiro atoms. The number of Topliss-reactive ketones (excluding diaryl/α,β-unsaturated/α-hetero) is 1. The quantitative estimate of drug-likeness (QED) is 0.677. The molecule has 1 heterocycles. The first-order valence-electron chi connectivity index (χ1n) is 8.08. The van der Waals surface area contributed by atoms with E-state index in [2.05, 4.69) is 9.71 Å². The number of ketones is 1. The van der Waals surface area contributed by atoms with Gasteiger partial charge in [0, 0.05) is 29.7 Å². The molecule has 0 saturated carbocycles. The number of rotatable bonds is 6. The van der Waals surface area contributed by atoms with E-state index in [-0.39, 0.29) is 10.7 Å². The van der Waals surface area contributed by atoms with E-state index in [0.29, 0.717) is 5.56 Å². The topological polar surface area (TPSA) is 81.1 Å². The van der Waals surface area contributed by atoms with Crippen molar-refractivity contribution in [2.24, 2.45) is 0 Å². The van der Waals surface area contributed by atoms with Crippen molar-refractivity contribution >= 4 is 15.8 Å². The lowest BCUT2D eigenvalue weighted by Gasteiger charge is -2.15. The first kappa shape index (κ1) is 18.0. The molecule has 7 heteroatoms. The largest absolute Gasteiger partial charge is 0.306 e. The van der Waals surface area contributed by atoms with Crippen molar-refractivity contribution < 1.29 is 13.2 Å². The van der Waals surface area contributed by atoms with Crippen molar-refractivity contribution in [1.29, 1.82) is 0 Å². The molecule has 0 amide bonds. The Morgan fingerprint density at radius 1 is 1.08 bits per heavy atom. The number of nitrogens with one attached hydrogen (secondary N) is 1. The molecule has 26 heavy (non-hydrogen) atoms. The summed E-state index contributed by atoms with van der Waals surface area (Å²) in [5.41, 5.74) is 2.27. The van der Waals surface area contributed by atoms with Crippen molar-refractivity contribution in [2.75, 3.05) is 0 Å². The molecular weight excluding hydrogens is 350 g/mol. The lowest BCUT2D eigenvalue weighted by atomic mass is 10.1. The smallest absolute Gasteiger partial charge is 0.241 e. The van der Waals surface area contributed by atoms with E-state index in [1.807, 2.05) is 35.0 Å². The maximum Gasteiger partial charge on any atom is 0.241 e. The molecule has 0 radical (unpaired) electrons. The highest BCUT2D eigenvalue weighted by Crippen LogP contribution is 2.19. The van der Waals surface area contributed by atoms with Crippen molar-refractivity contribution in [1.82, 2.24) is 14.3 Å². The van der Waals surface area contributed by atoms with Crippen LogP contribution in [-0.2, 0) is 10.0 Å². The Hall–Kier alpha value is -2.77. The zero-order valence-electron chi connectivity index (χ0n) is 14.5. The molecular formula is C19H19N3O3S. The van der Waals surface area contributed by atoms with Crippen LogP contribution in [0.2, 0.25) is 0 Å². The van der Waals surface area contributed by atoms with E-state index in [9.17, 15) is 13.2 Å². The minimum atomic E-state index is -3.68. The molecule has 3 aromatic rings. The number of hydrogen-bond acceptors (Lipinski definition) is 4. The highest BCUT2D eigenvalue weighted by molar-refractivity contribution is 7.89. The van der Waals surface area contributed by atoms with Gasteiger partial charge < -0.3 is 4.57 Å². The summed E-state index contributed by atoms with van der Waals surface area (Å²) < 4.78 is 29.6. The first-order chi connectivity index (χ1) is 12.4. The lowest BCUT2D eigenvalue weighted by molar-refractivity contribution is 0.101. The summed E-state index contributed by atoms with van der Waals surface area (Å²) in [6.07, 6.45) is 5.24. The number of imidazole rings is 1. The van der Waals surface area contributed by atoms with E-state index in [0.717, 1.165) is 11.3 Å². The average molecular weight is 369 g/mol. The number of sulfonamides is 1. The van der Waals surface area contributed by atoms with E-state index < -0.39 is 16.1 Å². The van der Waals surface area contributed by atoms with Crippen LogP contribution in [0.4, 0.5) is 0 Å². The summed E-state index contributed by atoms with van der Waals surface area (Å²) in [6, 6.07) is 13.1. The standard InChI is InChI=1S/C19H19N3O3S/c1-14(16-3-7-18(8-4-16)22-12-11-20-13-22)21-26(24,25)19-9-5-17(6-10-19)15(2)23/h3-14,21H,1-2H3. The third-order valence-electron chi connectivity index (χ3n) is 4.10. The third kappa shape index (κ3) is 3.89. The Balaban J connectivity index is 1.75. The minimum absolute atomic E-state index is 0.103. The molecule has 1 atom stereocenters. The fourth-order valence-corrected chi connectivity index (χ4v) is 3.82. The molecule has 1 unspecified atom stereocenters. The van der Waals surface area contributed by atoms with Gasteiger partial charge in [-0.15, -0.1) is 0 Å². The van der Waals surface area contributed by atoms with Crippen LogP contribution >= 0.6 is 0 Å². The summed E-state index contributed by atoms with van der Waals surface area (Å²) in [5, 5.41) is 0. The molecule has 0 fully saturated rings. The SMILES string of the molecule is CC(=O)c1ccc(S(=O)(=O)NC(C)c2ccc(-n3ccnc3)cc2)cc1. The van der Waals surface area contributed by atoms with E-state index in [1.54, 1.807) is 19.4 Å². The third-order valence-corrected chi connectivity index (χ3v) is 5.66. The number of carbonyl (C=O) groups excluding carboxylic acids is 1. The molecule has 1 aromatic heterocycles. The Kier molecular flexibility index (Phi) is 5.01. The second-order valence-corrected chi connectivity index (χ2v) is 7.70. The number of benzene rings is 2. The van der Waals surface area contributed by atoms with Crippen molar-refractivity contribution in [2.45, 2.75) is 24.8 Å². The molecule has 0 saturated heterocycles. The highest BCUT2D eigenvalue weighted by atomic mass is 32.2. The van der Waals surface area contributed by atoms with E-state index in [4.69, 9.17) is 0 Å². The van der Waals surface area contributed by atoms with Crippen LogP contribution in [0.25, 0.3) is 5.69 Å². The van der Waals surface area contributed by atoms with Gasteiger partial charge in [0.1, 0.15) is 0 Å². The van der Waals surface area contributed by atoms with Crippen LogP contribution in [0.1, 0.15) is 35.8 Å².